The zero-order valence-corrected chi connectivity index (χ0v) is 17.8. The second-order valence-electron chi connectivity index (χ2n) is 6.95. The predicted molar refractivity (Wildman–Crippen MR) is 122 cm³/mol. The van der Waals surface area contributed by atoms with Gasteiger partial charge in [0.1, 0.15) is 22.2 Å². The number of hydrogen-bond acceptors (Lipinski definition) is 5. The van der Waals surface area contributed by atoms with Crippen LogP contribution >= 0.6 is 11.3 Å². The van der Waals surface area contributed by atoms with Gasteiger partial charge in [-0.25, -0.2) is 9.97 Å². The van der Waals surface area contributed by atoms with E-state index in [4.69, 9.17) is 14.7 Å². The number of ether oxygens (including phenoxy) is 1. The van der Waals surface area contributed by atoms with Gasteiger partial charge in [0.25, 0.3) is 0 Å². The highest BCUT2D eigenvalue weighted by Gasteiger charge is 2.17. The van der Waals surface area contributed by atoms with Crippen LogP contribution in [-0.2, 0) is 6.42 Å². The molecule has 1 N–H and O–H groups in total. The maximum atomic E-state index is 5.60. The van der Waals surface area contributed by atoms with Crippen LogP contribution < -0.4 is 10.1 Å². The summed E-state index contributed by atoms with van der Waals surface area (Å²) >= 11 is 1.72. The third kappa shape index (κ3) is 4.25. The van der Waals surface area contributed by atoms with Crippen LogP contribution in [-0.4, -0.2) is 23.1 Å². The van der Waals surface area contributed by atoms with Gasteiger partial charge in [-0.15, -0.1) is 11.3 Å². The van der Waals surface area contributed by atoms with E-state index < -0.39 is 0 Å². The van der Waals surface area contributed by atoms with Gasteiger partial charge in [-0.2, -0.15) is 0 Å². The molecule has 0 atom stereocenters. The zero-order chi connectivity index (χ0) is 20.2. The summed E-state index contributed by atoms with van der Waals surface area (Å²) in [5.41, 5.74) is 3.68. The summed E-state index contributed by atoms with van der Waals surface area (Å²) in [4.78, 5) is 11.7. The molecule has 0 bridgehead atoms. The van der Waals surface area contributed by atoms with Crippen LogP contribution in [0.5, 0.6) is 5.75 Å². The molecular weight excluding hydrogens is 378 g/mol. The Labute approximate surface area is 175 Å². The van der Waals surface area contributed by atoms with E-state index in [0.717, 1.165) is 46.1 Å². The molecule has 2 heterocycles. The smallest absolute Gasteiger partial charge is 0.139 e. The van der Waals surface area contributed by atoms with Crippen molar-refractivity contribution in [1.82, 2.24) is 9.97 Å². The van der Waals surface area contributed by atoms with Crippen molar-refractivity contribution >= 4 is 27.4 Å². The van der Waals surface area contributed by atoms with Crippen molar-refractivity contribution in [3.8, 4) is 16.9 Å². The molecule has 5 heteroatoms. The Bertz CT molecular complexity index is 1100. The Balaban J connectivity index is 1.68. The van der Waals surface area contributed by atoms with E-state index in [-0.39, 0.29) is 0 Å². The lowest BCUT2D eigenvalue weighted by molar-refractivity contribution is 0.340. The highest BCUT2D eigenvalue weighted by molar-refractivity contribution is 7.19. The third-order valence-electron chi connectivity index (χ3n) is 4.84. The van der Waals surface area contributed by atoms with Crippen molar-refractivity contribution in [2.75, 3.05) is 18.5 Å². The number of aromatic nitrogens is 2. The lowest BCUT2D eigenvalue weighted by atomic mass is 10.0. The second-order valence-corrected chi connectivity index (χ2v) is 8.16. The van der Waals surface area contributed by atoms with Crippen molar-refractivity contribution in [3.63, 3.8) is 0 Å². The Morgan fingerprint density at radius 1 is 0.966 bits per heavy atom. The van der Waals surface area contributed by atoms with E-state index in [2.05, 4.69) is 48.6 Å². The standard InChI is InChI=1S/C24H25N3OS/c1-4-28-20-12-10-19(11-13-20)21-16(2)29-24-22(21)23(26-17(3)27-24)25-15-14-18-8-6-5-7-9-18/h5-13H,4,14-15H2,1-3H3,(H,25,26,27). The molecule has 2 aromatic carbocycles. The molecule has 2 aromatic heterocycles. The lowest BCUT2D eigenvalue weighted by Crippen LogP contribution is -2.08. The summed E-state index contributed by atoms with van der Waals surface area (Å²) in [6.07, 6.45) is 0.951. The van der Waals surface area contributed by atoms with Gasteiger partial charge in [-0.3, -0.25) is 0 Å². The van der Waals surface area contributed by atoms with E-state index >= 15 is 0 Å². The van der Waals surface area contributed by atoms with Gasteiger partial charge in [0.2, 0.25) is 0 Å². The minimum absolute atomic E-state index is 0.669. The van der Waals surface area contributed by atoms with Gasteiger partial charge in [0.15, 0.2) is 0 Å². The molecule has 0 radical (unpaired) electrons. The van der Waals surface area contributed by atoms with Crippen molar-refractivity contribution in [3.05, 3.63) is 70.9 Å². The van der Waals surface area contributed by atoms with Crippen LogP contribution in [0.15, 0.2) is 54.6 Å². The van der Waals surface area contributed by atoms with E-state index in [1.54, 1.807) is 11.3 Å². The molecule has 0 unspecified atom stereocenters. The topological polar surface area (TPSA) is 47.0 Å². The highest BCUT2D eigenvalue weighted by Crippen LogP contribution is 2.41. The van der Waals surface area contributed by atoms with Crippen molar-refractivity contribution in [2.45, 2.75) is 27.2 Å². The number of fused-ring (bicyclic) bond motifs is 1. The number of benzene rings is 2. The fourth-order valence-corrected chi connectivity index (χ4v) is 4.64. The van der Waals surface area contributed by atoms with Gasteiger partial charge >= 0.3 is 0 Å². The predicted octanol–water partition coefficient (Wildman–Crippen LogP) is 6.03. The molecule has 4 aromatic rings. The van der Waals surface area contributed by atoms with Crippen LogP contribution in [0.1, 0.15) is 23.2 Å². The average Bonchev–Trinajstić information content (AvgIpc) is 3.05. The van der Waals surface area contributed by atoms with Gasteiger partial charge in [0, 0.05) is 17.0 Å². The SMILES string of the molecule is CCOc1ccc(-c2c(C)sc3nc(C)nc(NCCc4ccccc4)c23)cc1. The van der Waals surface area contributed by atoms with Crippen LogP contribution in [0.25, 0.3) is 21.3 Å². The van der Waals surface area contributed by atoms with Crippen LogP contribution in [0.3, 0.4) is 0 Å². The molecule has 148 valence electrons. The normalized spacial score (nSPS) is 11.0. The summed E-state index contributed by atoms with van der Waals surface area (Å²) in [6.45, 7) is 7.60. The Hall–Kier alpha value is -2.92. The first-order chi connectivity index (χ1) is 14.2. The molecular formula is C24H25N3OS. The molecule has 0 saturated carbocycles. The molecule has 0 fully saturated rings. The lowest BCUT2D eigenvalue weighted by Gasteiger charge is -2.11. The molecule has 4 nitrogen and oxygen atoms in total. The fraction of sp³-hybridized carbons (Fsp3) is 0.250. The monoisotopic (exact) mass is 403 g/mol. The maximum Gasteiger partial charge on any atom is 0.139 e. The van der Waals surface area contributed by atoms with Crippen LogP contribution in [0, 0.1) is 13.8 Å². The number of nitrogens with one attached hydrogen (secondary N) is 1. The van der Waals surface area contributed by atoms with Gasteiger partial charge in [-0.1, -0.05) is 42.5 Å². The Morgan fingerprint density at radius 3 is 2.45 bits per heavy atom. The number of anilines is 1. The first kappa shape index (κ1) is 19.4. The summed E-state index contributed by atoms with van der Waals surface area (Å²) in [5.74, 6) is 2.60. The highest BCUT2D eigenvalue weighted by atomic mass is 32.1. The maximum absolute atomic E-state index is 5.60. The Morgan fingerprint density at radius 2 is 1.72 bits per heavy atom. The molecule has 0 spiro atoms. The minimum Gasteiger partial charge on any atom is -0.494 e. The van der Waals surface area contributed by atoms with Crippen LogP contribution in [0.4, 0.5) is 5.82 Å². The molecule has 0 saturated heterocycles. The summed E-state index contributed by atoms with van der Waals surface area (Å²) in [5, 5.41) is 4.67. The van der Waals surface area contributed by atoms with Gasteiger partial charge in [0.05, 0.1) is 12.0 Å². The van der Waals surface area contributed by atoms with E-state index in [0.29, 0.717) is 6.61 Å². The largest absolute Gasteiger partial charge is 0.494 e. The fourth-order valence-electron chi connectivity index (χ4n) is 3.55. The number of rotatable bonds is 7. The first-order valence-electron chi connectivity index (χ1n) is 9.94. The van der Waals surface area contributed by atoms with Gasteiger partial charge < -0.3 is 10.1 Å². The van der Waals surface area contributed by atoms with E-state index in [1.165, 1.54) is 16.0 Å². The summed E-state index contributed by atoms with van der Waals surface area (Å²) in [6, 6.07) is 18.8. The summed E-state index contributed by atoms with van der Waals surface area (Å²) < 4.78 is 5.60. The molecule has 0 aliphatic carbocycles. The molecule has 0 aliphatic rings. The Kier molecular flexibility index (Phi) is 5.76. The zero-order valence-electron chi connectivity index (χ0n) is 17.0. The minimum atomic E-state index is 0.669. The third-order valence-corrected chi connectivity index (χ3v) is 5.84. The molecule has 0 aliphatic heterocycles. The second kappa shape index (κ2) is 8.62. The van der Waals surface area contributed by atoms with E-state index in [9.17, 15) is 0 Å². The van der Waals surface area contributed by atoms with Crippen molar-refractivity contribution in [2.24, 2.45) is 0 Å². The van der Waals surface area contributed by atoms with Crippen molar-refractivity contribution < 1.29 is 4.74 Å². The molecule has 4 rings (SSSR count). The number of nitrogens with zero attached hydrogens (tertiary/aromatic N) is 2. The summed E-state index contributed by atoms with van der Waals surface area (Å²) in [7, 11) is 0. The quantitative estimate of drug-likeness (QED) is 0.409. The van der Waals surface area contributed by atoms with Gasteiger partial charge in [-0.05, 0) is 50.5 Å². The van der Waals surface area contributed by atoms with Crippen LogP contribution in [0.2, 0.25) is 0 Å². The molecule has 0 amide bonds. The number of hydrogen-bond donors (Lipinski definition) is 1. The van der Waals surface area contributed by atoms with E-state index in [1.807, 2.05) is 32.0 Å². The average molecular weight is 404 g/mol. The van der Waals surface area contributed by atoms with Crippen molar-refractivity contribution in [1.29, 1.82) is 0 Å². The number of thiophene rings is 1. The molecule has 29 heavy (non-hydrogen) atoms. The number of aryl methyl sites for hydroxylation is 2. The first-order valence-corrected chi connectivity index (χ1v) is 10.8.